The number of benzene rings is 1. The zero-order valence-corrected chi connectivity index (χ0v) is 15.9. The van der Waals surface area contributed by atoms with Crippen LogP contribution >= 0.6 is 7.82 Å². The van der Waals surface area contributed by atoms with Crippen molar-refractivity contribution < 1.29 is 37.2 Å². The minimum Gasteiger partial charge on any atom is -0.444 e. The smallest absolute Gasteiger partial charge is 0.444 e. The van der Waals surface area contributed by atoms with E-state index in [1.807, 2.05) is 0 Å². The summed E-state index contributed by atoms with van der Waals surface area (Å²) in [5.74, 6) is -1.65. The number of carbonyl (C=O) groups excluding carboxylic acids is 2. The lowest BCUT2D eigenvalue weighted by atomic mass is 10.1. The number of hydrogen-bond donors (Lipinski definition) is 2. The Morgan fingerprint density at radius 1 is 1.27 bits per heavy atom. The van der Waals surface area contributed by atoms with Crippen LogP contribution in [0.25, 0.3) is 0 Å². The lowest BCUT2D eigenvalue weighted by molar-refractivity contribution is -0.138. The molecule has 10 heteroatoms. The van der Waals surface area contributed by atoms with Crippen LogP contribution in [-0.4, -0.2) is 35.2 Å². The zero-order valence-electron chi connectivity index (χ0n) is 15.0. The van der Waals surface area contributed by atoms with Crippen molar-refractivity contribution in [2.24, 2.45) is 0 Å². The Morgan fingerprint density at radius 3 is 2.35 bits per heavy atom. The quantitative estimate of drug-likeness (QED) is 0.688. The summed E-state index contributed by atoms with van der Waals surface area (Å²) < 4.78 is 38.7. The van der Waals surface area contributed by atoms with E-state index in [9.17, 15) is 23.4 Å². The van der Waals surface area contributed by atoms with Crippen LogP contribution in [0.1, 0.15) is 33.3 Å². The maximum Gasteiger partial charge on any atom is 0.529 e. The van der Waals surface area contributed by atoms with Crippen LogP contribution < -0.4 is 5.32 Å². The molecule has 0 aliphatic carbocycles. The number of ether oxygens (including phenoxy) is 1. The van der Waals surface area contributed by atoms with E-state index in [-0.39, 0.29) is 13.0 Å². The highest BCUT2D eigenvalue weighted by Crippen LogP contribution is 2.43. The Kier molecular flexibility index (Phi) is 7.74. The molecule has 1 amide bonds. The lowest BCUT2D eigenvalue weighted by Crippen LogP contribution is -2.45. The molecular weight excluding hydrogens is 368 g/mol. The Bertz CT molecular complexity index is 672. The van der Waals surface area contributed by atoms with Crippen LogP contribution in [0, 0.1) is 5.82 Å². The van der Waals surface area contributed by atoms with Gasteiger partial charge in [0.1, 0.15) is 17.5 Å². The summed E-state index contributed by atoms with van der Waals surface area (Å²) in [6.07, 6.45) is -1.02. The molecule has 0 heterocycles. The molecule has 0 saturated carbocycles. The van der Waals surface area contributed by atoms with Crippen LogP contribution in [0.3, 0.4) is 0 Å². The standard InChI is InChI=1S/C16H23FNO7P/c1-5-23-26(21,22)25-14(19)13(18-15(20)24-16(2,3)4)10-11-6-8-12(17)9-7-11/h6-9,13H,5,10H2,1-4H3,(H,18,20)(H,21,22)/t13-/m0/s1. The van der Waals surface area contributed by atoms with E-state index >= 15 is 0 Å². The van der Waals surface area contributed by atoms with E-state index in [4.69, 9.17) is 4.74 Å². The van der Waals surface area contributed by atoms with Gasteiger partial charge in [-0.15, -0.1) is 0 Å². The van der Waals surface area contributed by atoms with E-state index in [0.29, 0.717) is 5.56 Å². The fourth-order valence-corrected chi connectivity index (χ4v) is 2.60. The Morgan fingerprint density at radius 2 is 1.85 bits per heavy atom. The van der Waals surface area contributed by atoms with Crippen molar-refractivity contribution in [3.05, 3.63) is 35.6 Å². The van der Waals surface area contributed by atoms with Crippen LogP contribution in [0.4, 0.5) is 9.18 Å². The van der Waals surface area contributed by atoms with Gasteiger partial charge < -0.3 is 14.6 Å². The number of hydrogen-bond acceptors (Lipinski definition) is 6. The molecule has 26 heavy (non-hydrogen) atoms. The topological polar surface area (TPSA) is 111 Å². The molecule has 1 aromatic rings. The van der Waals surface area contributed by atoms with Gasteiger partial charge in [0.15, 0.2) is 0 Å². The molecule has 0 bridgehead atoms. The molecule has 0 spiro atoms. The summed E-state index contributed by atoms with van der Waals surface area (Å²) in [6, 6.07) is 3.85. The Hall–Kier alpha value is -1.96. The van der Waals surface area contributed by atoms with Gasteiger partial charge in [-0.05, 0) is 45.4 Å². The van der Waals surface area contributed by atoms with Crippen molar-refractivity contribution >= 4 is 19.9 Å². The van der Waals surface area contributed by atoms with E-state index in [0.717, 1.165) is 0 Å². The van der Waals surface area contributed by atoms with Crippen molar-refractivity contribution in [3.8, 4) is 0 Å². The van der Waals surface area contributed by atoms with Gasteiger partial charge >= 0.3 is 19.9 Å². The second kappa shape index (κ2) is 9.12. The normalized spacial score (nSPS) is 14.8. The van der Waals surface area contributed by atoms with Crippen LogP contribution in [0.15, 0.2) is 24.3 Å². The van der Waals surface area contributed by atoms with Gasteiger partial charge in [-0.25, -0.2) is 18.5 Å². The summed E-state index contributed by atoms with van der Waals surface area (Å²) in [4.78, 5) is 33.6. The number of alkyl carbamates (subject to hydrolysis) is 1. The highest BCUT2D eigenvalue weighted by molar-refractivity contribution is 7.48. The molecule has 146 valence electrons. The number of halogens is 1. The van der Waals surface area contributed by atoms with Crippen LogP contribution in [0.2, 0.25) is 0 Å². The second-order valence-electron chi connectivity index (χ2n) is 6.33. The van der Waals surface area contributed by atoms with E-state index in [2.05, 4.69) is 14.4 Å². The minimum atomic E-state index is -4.60. The number of amides is 1. The van der Waals surface area contributed by atoms with E-state index < -0.39 is 37.3 Å². The monoisotopic (exact) mass is 391 g/mol. The van der Waals surface area contributed by atoms with Crippen molar-refractivity contribution in [2.75, 3.05) is 6.61 Å². The summed E-state index contributed by atoms with van der Waals surface area (Å²) in [6.45, 7) is 6.21. The molecule has 2 atom stereocenters. The van der Waals surface area contributed by atoms with E-state index in [1.165, 1.54) is 31.2 Å². The fraction of sp³-hybridized carbons (Fsp3) is 0.500. The third-order valence-corrected chi connectivity index (χ3v) is 3.82. The lowest BCUT2D eigenvalue weighted by Gasteiger charge is -2.23. The summed E-state index contributed by atoms with van der Waals surface area (Å²) in [7, 11) is -4.60. The highest BCUT2D eigenvalue weighted by atomic mass is 31.2. The van der Waals surface area contributed by atoms with Gasteiger partial charge in [-0.2, -0.15) is 0 Å². The maximum atomic E-state index is 13.0. The first-order valence-corrected chi connectivity index (χ1v) is 9.36. The van der Waals surface area contributed by atoms with Gasteiger partial charge in [0.2, 0.25) is 0 Å². The predicted molar refractivity (Wildman–Crippen MR) is 90.8 cm³/mol. The maximum absolute atomic E-state index is 13.0. The SMILES string of the molecule is CCOP(=O)(O)OC(=O)[C@H](Cc1ccc(F)cc1)NC(=O)OC(C)(C)C. The average Bonchev–Trinajstić information content (AvgIpc) is 2.46. The number of phosphoric acid groups is 1. The number of phosphoric ester groups is 1. The fourth-order valence-electron chi connectivity index (χ4n) is 1.87. The summed E-state index contributed by atoms with van der Waals surface area (Å²) in [5.41, 5.74) is -0.319. The average molecular weight is 391 g/mol. The first-order chi connectivity index (χ1) is 11.9. The molecule has 1 aromatic carbocycles. The first kappa shape index (κ1) is 22.1. The molecule has 0 fully saturated rings. The highest BCUT2D eigenvalue weighted by Gasteiger charge is 2.32. The number of rotatable bonds is 7. The Labute approximate surface area is 151 Å². The zero-order chi connectivity index (χ0) is 20.0. The molecular formula is C16H23FNO7P. The molecule has 8 nitrogen and oxygen atoms in total. The molecule has 0 aromatic heterocycles. The third-order valence-electron chi connectivity index (χ3n) is 2.83. The molecule has 0 aliphatic heterocycles. The Balaban J connectivity index is 2.92. The van der Waals surface area contributed by atoms with Gasteiger partial charge in [-0.3, -0.25) is 9.42 Å². The summed E-state index contributed by atoms with van der Waals surface area (Å²) >= 11 is 0. The largest absolute Gasteiger partial charge is 0.529 e. The molecule has 0 saturated heterocycles. The third kappa shape index (κ3) is 8.42. The number of carbonyl (C=O) groups is 2. The van der Waals surface area contributed by atoms with Gasteiger partial charge in [0.05, 0.1) is 6.61 Å². The van der Waals surface area contributed by atoms with E-state index in [1.54, 1.807) is 20.8 Å². The van der Waals surface area contributed by atoms with Gasteiger partial charge in [0, 0.05) is 6.42 Å². The first-order valence-electron chi connectivity index (χ1n) is 7.86. The minimum absolute atomic E-state index is 0.107. The van der Waals surface area contributed by atoms with Crippen molar-refractivity contribution in [1.29, 1.82) is 0 Å². The molecule has 0 radical (unpaired) electrons. The predicted octanol–water partition coefficient (Wildman–Crippen LogP) is 2.94. The second-order valence-corrected chi connectivity index (χ2v) is 7.70. The van der Waals surface area contributed by atoms with Crippen molar-refractivity contribution in [2.45, 2.75) is 45.8 Å². The molecule has 1 rings (SSSR count). The number of nitrogens with one attached hydrogen (secondary N) is 1. The van der Waals surface area contributed by atoms with Gasteiger partial charge in [0.25, 0.3) is 0 Å². The molecule has 1 unspecified atom stereocenters. The van der Waals surface area contributed by atoms with Gasteiger partial charge in [-0.1, -0.05) is 12.1 Å². The molecule has 0 aliphatic rings. The van der Waals surface area contributed by atoms with Crippen molar-refractivity contribution in [3.63, 3.8) is 0 Å². The van der Waals surface area contributed by atoms with Crippen LogP contribution in [0.5, 0.6) is 0 Å². The summed E-state index contributed by atoms with van der Waals surface area (Å²) in [5, 5.41) is 2.28. The van der Waals surface area contributed by atoms with Crippen molar-refractivity contribution in [1.82, 2.24) is 5.32 Å². The van der Waals surface area contributed by atoms with Crippen LogP contribution in [-0.2, 0) is 29.6 Å². The molecule has 2 N–H and O–H groups in total.